The van der Waals surface area contributed by atoms with Crippen molar-refractivity contribution in [3.05, 3.63) is 42.0 Å². The number of ether oxygens (including phenoxy) is 1. The van der Waals surface area contributed by atoms with Crippen molar-refractivity contribution < 1.29 is 9.84 Å². The van der Waals surface area contributed by atoms with Crippen molar-refractivity contribution in [2.24, 2.45) is 5.41 Å². The molecule has 1 fully saturated rings. The minimum absolute atomic E-state index is 0.0878. The summed E-state index contributed by atoms with van der Waals surface area (Å²) in [7, 11) is 0. The molecule has 6 heteroatoms. The number of aliphatic hydroxyl groups excluding tert-OH is 1. The Hall–Kier alpha value is -1.76. The molecule has 3 rings (SSSR count). The maximum Gasteiger partial charge on any atom is 0.138 e. The number of aliphatic hydroxyl groups is 1. The molecule has 2 heterocycles. The molecule has 1 aromatic carbocycles. The van der Waals surface area contributed by atoms with Crippen LogP contribution in [0, 0.1) is 12.3 Å². The molecule has 0 saturated carbocycles. The lowest BCUT2D eigenvalue weighted by atomic mass is 9.84. The zero-order chi connectivity index (χ0) is 16.1. The monoisotopic (exact) mass is 316 g/mol. The quantitative estimate of drug-likeness (QED) is 0.809. The van der Waals surface area contributed by atoms with Crippen molar-refractivity contribution in [3.63, 3.8) is 0 Å². The van der Waals surface area contributed by atoms with E-state index in [9.17, 15) is 5.11 Å². The lowest BCUT2D eigenvalue weighted by Crippen LogP contribution is -2.35. The summed E-state index contributed by atoms with van der Waals surface area (Å²) >= 11 is 0. The van der Waals surface area contributed by atoms with E-state index in [-0.39, 0.29) is 12.0 Å². The first-order valence-electron chi connectivity index (χ1n) is 8.06. The highest BCUT2D eigenvalue weighted by atomic mass is 16.5. The number of aromatic nitrogens is 3. The van der Waals surface area contributed by atoms with Gasteiger partial charge in [-0.15, -0.1) is 0 Å². The van der Waals surface area contributed by atoms with E-state index in [0.29, 0.717) is 0 Å². The van der Waals surface area contributed by atoms with E-state index in [1.54, 1.807) is 17.3 Å². The lowest BCUT2D eigenvalue weighted by molar-refractivity contribution is 0.124. The van der Waals surface area contributed by atoms with Crippen LogP contribution in [0.1, 0.15) is 24.0 Å². The molecule has 1 aliphatic rings. The van der Waals surface area contributed by atoms with Gasteiger partial charge in [0.2, 0.25) is 0 Å². The van der Waals surface area contributed by atoms with Crippen LogP contribution in [-0.2, 0) is 11.3 Å². The molecule has 1 unspecified atom stereocenters. The fourth-order valence-electron chi connectivity index (χ4n) is 3.20. The Morgan fingerprint density at radius 2 is 2.35 bits per heavy atom. The molecule has 124 valence electrons. The number of aryl methyl sites for hydroxylation is 1. The van der Waals surface area contributed by atoms with Gasteiger partial charge < -0.3 is 15.2 Å². The minimum atomic E-state index is 0.0878. The second kappa shape index (κ2) is 7.21. The first kappa shape index (κ1) is 16.1. The molecule has 2 N–H and O–H groups in total. The SMILES string of the molecule is Cc1cc(CNCC2(CCO)CCOC2)ccc1-n1cncn1. The largest absolute Gasteiger partial charge is 0.396 e. The summed E-state index contributed by atoms with van der Waals surface area (Å²) in [6, 6.07) is 6.36. The third-order valence-corrected chi connectivity index (χ3v) is 4.58. The predicted octanol–water partition coefficient (Wildman–Crippen LogP) is 1.45. The van der Waals surface area contributed by atoms with E-state index in [4.69, 9.17) is 4.74 Å². The van der Waals surface area contributed by atoms with E-state index in [2.05, 4.69) is 40.5 Å². The highest BCUT2D eigenvalue weighted by Crippen LogP contribution is 2.31. The van der Waals surface area contributed by atoms with E-state index >= 15 is 0 Å². The molecular weight excluding hydrogens is 292 g/mol. The van der Waals surface area contributed by atoms with Crippen LogP contribution in [0.25, 0.3) is 5.69 Å². The average molecular weight is 316 g/mol. The Balaban J connectivity index is 1.59. The number of rotatable bonds is 7. The summed E-state index contributed by atoms with van der Waals surface area (Å²) in [4.78, 5) is 3.99. The van der Waals surface area contributed by atoms with Gasteiger partial charge in [-0.2, -0.15) is 5.10 Å². The van der Waals surface area contributed by atoms with Crippen LogP contribution in [0.5, 0.6) is 0 Å². The minimum Gasteiger partial charge on any atom is -0.396 e. The van der Waals surface area contributed by atoms with Gasteiger partial charge in [-0.3, -0.25) is 0 Å². The van der Waals surface area contributed by atoms with Crippen molar-refractivity contribution in [2.75, 3.05) is 26.4 Å². The standard InChI is InChI=1S/C17H24N4O2/c1-14-8-15(2-3-16(14)21-13-19-12-20-21)9-18-10-17(4-6-22)5-7-23-11-17/h2-3,8,12-13,18,22H,4-7,9-11H2,1H3. The van der Waals surface area contributed by atoms with Crippen molar-refractivity contribution in [3.8, 4) is 5.69 Å². The smallest absolute Gasteiger partial charge is 0.138 e. The van der Waals surface area contributed by atoms with E-state index < -0.39 is 0 Å². The summed E-state index contributed by atoms with van der Waals surface area (Å²) in [6.45, 7) is 5.52. The summed E-state index contributed by atoms with van der Waals surface area (Å²) in [6.07, 6.45) is 5.06. The average Bonchev–Trinajstić information content (AvgIpc) is 3.20. The van der Waals surface area contributed by atoms with Crippen LogP contribution in [-0.4, -0.2) is 46.2 Å². The molecule has 0 aliphatic carbocycles. The van der Waals surface area contributed by atoms with Gasteiger partial charge in [0.15, 0.2) is 0 Å². The van der Waals surface area contributed by atoms with Gasteiger partial charge in [-0.05, 0) is 37.0 Å². The molecule has 1 aromatic heterocycles. The molecule has 1 saturated heterocycles. The third kappa shape index (κ3) is 3.77. The van der Waals surface area contributed by atoms with E-state index in [1.807, 2.05) is 0 Å². The second-order valence-corrected chi connectivity index (χ2v) is 6.34. The molecule has 0 radical (unpaired) electrons. The molecule has 23 heavy (non-hydrogen) atoms. The van der Waals surface area contributed by atoms with E-state index in [1.165, 1.54) is 11.1 Å². The van der Waals surface area contributed by atoms with Crippen LogP contribution in [0.15, 0.2) is 30.9 Å². The summed E-state index contributed by atoms with van der Waals surface area (Å²) in [5.41, 5.74) is 3.55. The highest BCUT2D eigenvalue weighted by Gasteiger charge is 2.33. The molecule has 0 bridgehead atoms. The topological polar surface area (TPSA) is 72.2 Å². The number of hydrogen-bond acceptors (Lipinski definition) is 5. The molecule has 1 atom stereocenters. The van der Waals surface area contributed by atoms with Gasteiger partial charge in [0.25, 0.3) is 0 Å². The number of nitrogens with one attached hydrogen (secondary N) is 1. The van der Waals surface area contributed by atoms with Crippen LogP contribution in [0.2, 0.25) is 0 Å². The van der Waals surface area contributed by atoms with Gasteiger partial charge in [-0.25, -0.2) is 9.67 Å². The normalized spacial score (nSPS) is 21.0. The Morgan fingerprint density at radius 3 is 3.00 bits per heavy atom. The summed E-state index contributed by atoms with van der Waals surface area (Å²) < 4.78 is 7.30. The van der Waals surface area contributed by atoms with Crippen molar-refractivity contribution >= 4 is 0 Å². The first-order valence-corrected chi connectivity index (χ1v) is 8.06. The van der Waals surface area contributed by atoms with Crippen LogP contribution < -0.4 is 5.32 Å². The number of benzene rings is 1. The Labute approximate surface area is 136 Å². The Bertz CT molecular complexity index is 622. The maximum atomic E-state index is 9.27. The van der Waals surface area contributed by atoms with Gasteiger partial charge in [0.1, 0.15) is 12.7 Å². The van der Waals surface area contributed by atoms with Crippen LogP contribution in [0.4, 0.5) is 0 Å². The second-order valence-electron chi connectivity index (χ2n) is 6.34. The molecule has 2 aromatic rings. The zero-order valence-corrected chi connectivity index (χ0v) is 13.5. The molecule has 0 amide bonds. The fourth-order valence-corrected chi connectivity index (χ4v) is 3.20. The number of hydrogen-bond donors (Lipinski definition) is 2. The lowest BCUT2D eigenvalue weighted by Gasteiger charge is -2.27. The van der Waals surface area contributed by atoms with Gasteiger partial charge in [0, 0.05) is 31.7 Å². The van der Waals surface area contributed by atoms with Crippen LogP contribution in [0.3, 0.4) is 0 Å². The molecular formula is C17H24N4O2. The van der Waals surface area contributed by atoms with Crippen molar-refractivity contribution in [1.29, 1.82) is 0 Å². The third-order valence-electron chi connectivity index (χ3n) is 4.58. The van der Waals surface area contributed by atoms with Gasteiger partial charge >= 0.3 is 0 Å². The van der Waals surface area contributed by atoms with Crippen molar-refractivity contribution in [2.45, 2.75) is 26.3 Å². The molecule has 6 nitrogen and oxygen atoms in total. The number of nitrogens with zero attached hydrogens (tertiary/aromatic N) is 3. The highest BCUT2D eigenvalue weighted by molar-refractivity contribution is 5.41. The molecule has 1 aliphatic heterocycles. The first-order chi connectivity index (χ1) is 11.2. The fraction of sp³-hybridized carbons (Fsp3) is 0.529. The van der Waals surface area contributed by atoms with Crippen molar-refractivity contribution in [1.82, 2.24) is 20.1 Å². The van der Waals surface area contributed by atoms with E-state index in [0.717, 1.165) is 44.8 Å². The van der Waals surface area contributed by atoms with Gasteiger partial charge in [-0.1, -0.05) is 12.1 Å². The Kier molecular flexibility index (Phi) is 5.05. The zero-order valence-electron chi connectivity index (χ0n) is 13.5. The summed E-state index contributed by atoms with van der Waals surface area (Å²) in [5.74, 6) is 0. The predicted molar refractivity (Wildman–Crippen MR) is 87.4 cm³/mol. The van der Waals surface area contributed by atoms with Gasteiger partial charge in [0.05, 0.1) is 12.3 Å². The maximum absolute atomic E-state index is 9.27. The molecule has 0 spiro atoms. The van der Waals surface area contributed by atoms with Crippen LogP contribution >= 0.6 is 0 Å². The Morgan fingerprint density at radius 1 is 1.43 bits per heavy atom. The summed E-state index contributed by atoms with van der Waals surface area (Å²) in [5, 5.41) is 17.0.